The molecule has 5 nitrogen and oxygen atoms in total. The SMILES string of the molecule is O=C(O)C1CC(S(=O)(=O)c2ccccc2)C(c2ccccc2)N1. The highest BCUT2D eigenvalue weighted by molar-refractivity contribution is 7.92. The van der Waals surface area contributed by atoms with Gasteiger partial charge in [-0.25, -0.2) is 8.42 Å². The van der Waals surface area contributed by atoms with Crippen molar-refractivity contribution < 1.29 is 18.3 Å². The molecular formula is C17H17NO4S. The standard InChI is InChI=1S/C17H17NO4S/c19-17(20)14-11-15(16(18-14)12-7-3-1-4-8-12)23(21,22)13-9-5-2-6-10-13/h1-10,14-16,18H,11H2,(H,19,20). The fraction of sp³-hybridized carbons (Fsp3) is 0.235. The molecular weight excluding hydrogens is 314 g/mol. The first kappa shape index (κ1) is 15.7. The van der Waals surface area contributed by atoms with Gasteiger partial charge in [0.2, 0.25) is 0 Å². The second kappa shape index (κ2) is 6.14. The molecule has 1 fully saturated rings. The van der Waals surface area contributed by atoms with Gasteiger partial charge in [-0.1, -0.05) is 48.5 Å². The van der Waals surface area contributed by atoms with E-state index in [4.69, 9.17) is 0 Å². The molecule has 1 heterocycles. The highest BCUT2D eigenvalue weighted by Gasteiger charge is 2.45. The van der Waals surface area contributed by atoms with Crippen LogP contribution in [0, 0.1) is 0 Å². The number of hydrogen-bond acceptors (Lipinski definition) is 4. The van der Waals surface area contributed by atoms with Gasteiger partial charge in [-0.2, -0.15) is 0 Å². The Morgan fingerprint density at radius 1 is 1.00 bits per heavy atom. The summed E-state index contributed by atoms with van der Waals surface area (Å²) in [6.45, 7) is 0. The Morgan fingerprint density at radius 3 is 2.13 bits per heavy atom. The predicted octanol–water partition coefficient (Wildman–Crippen LogP) is 2.02. The molecule has 2 aromatic rings. The van der Waals surface area contributed by atoms with E-state index in [-0.39, 0.29) is 11.3 Å². The summed E-state index contributed by atoms with van der Waals surface area (Å²) in [7, 11) is -3.63. The third-order valence-electron chi connectivity index (χ3n) is 4.15. The van der Waals surface area contributed by atoms with Crippen molar-refractivity contribution in [3.63, 3.8) is 0 Å². The fourth-order valence-electron chi connectivity index (χ4n) is 2.99. The smallest absolute Gasteiger partial charge is 0.320 e. The largest absolute Gasteiger partial charge is 0.480 e. The molecule has 1 saturated heterocycles. The lowest BCUT2D eigenvalue weighted by Crippen LogP contribution is -2.32. The fourth-order valence-corrected chi connectivity index (χ4v) is 4.92. The van der Waals surface area contributed by atoms with Crippen LogP contribution < -0.4 is 5.32 Å². The number of sulfone groups is 1. The van der Waals surface area contributed by atoms with Crippen LogP contribution in [0.2, 0.25) is 0 Å². The highest BCUT2D eigenvalue weighted by atomic mass is 32.2. The minimum Gasteiger partial charge on any atom is -0.480 e. The molecule has 0 amide bonds. The number of nitrogens with one attached hydrogen (secondary N) is 1. The van der Waals surface area contributed by atoms with Gasteiger partial charge in [-0.3, -0.25) is 10.1 Å². The summed E-state index contributed by atoms with van der Waals surface area (Å²) in [5.41, 5.74) is 0.778. The van der Waals surface area contributed by atoms with Gasteiger partial charge in [0.15, 0.2) is 9.84 Å². The number of aliphatic carboxylic acids is 1. The Labute approximate surface area is 134 Å². The van der Waals surface area contributed by atoms with Crippen molar-refractivity contribution in [2.24, 2.45) is 0 Å². The van der Waals surface area contributed by atoms with E-state index in [1.54, 1.807) is 30.3 Å². The van der Waals surface area contributed by atoms with E-state index in [1.807, 2.05) is 30.3 Å². The summed E-state index contributed by atoms with van der Waals surface area (Å²) < 4.78 is 25.9. The molecule has 3 rings (SSSR count). The number of carboxylic acid groups (broad SMARTS) is 1. The Bertz CT molecular complexity index is 790. The zero-order valence-electron chi connectivity index (χ0n) is 12.3. The molecule has 23 heavy (non-hydrogen) atoms. The molecule has 6 heteroatoms. The van der Waals surface area contributed by atoms with E-state index < -0.39 is 33.1 Å². The average Bonchev–Trinajstić information content (AvgIpc) is 3.03. The molecule has 0 aromatic heterocycles. The number of benzene rings is 2. The van der Waals surface area contributed by atoms with Crippen LogP contribution in [0.15, 0.2) is 65.6 Å². The zero-order chi connectivity index (χ0) is 16.4. The lowest BCUT2D eigenvalue weighted by atomic mass is 10.1. The van der Waals surface area contributed by atoms with Crippen LogP contribution in [0.3, 0.4) is 0 Å². The topological polar surface area (TPSA) is 83.5 Å². The second-order valence-electron chi connectivity index (χ2n) is 5.58. The van der Waals surface area contributed by atoms with E-state index >= 15 is 0 Å². The maximum Gasteiger partial charge on any atom is 0.320 e. The first-order valence-electron chi connectivity index (χ1n) is 7.33. The van der Waals surface area contributed by atoms with Gasteiger partial charge in [-0.05, 0) is 24.1 Å². The Hall–Kier alpha value is -2.18. The van der Waals surface area contributed by atoms with Gasteiger partial charge < -0.3 is 5.11 Å². The molecule has 120 valence electrons. The van der Waals surface area contributed by atoms with Crippen LogP contribution in [-0.2, 0) is 14.6 Å². The molecule has 2 N–H and O–H groups in total. The third-order valence-corrected chi connectivity index (χ3v) is 6.34. The van der Waals surface area contributed by atoms with Crippen molar-refractivity contribution in [2.75, 3.05) is 0 Å². The monoisotopic (exact) mass is 331 g/mol. The molecule has 1 aliphatic heterocycles. The lowest BCUT2D eigenvalue weighted by molar-refractivity contribution is -0.139. The zero-order valence-corrected chi connectivity index (χ0v) is 13.1. The van der Waals surface area contributed by atoms with E-state index in [9.17, 15) is 18.3 Å². The normalized spacial score (nSPS) is 24.4. The maximum atomic E-state index is 13.0. The Morgan fingerprint density at radius 2 is 1.57 bits per heavy atom. The molecule has 0 aliphatic carbocycles. The van der Waals surface area contributed by atoms with Crippen molar-refractivity contribution in [1.82, 2.24) is 5.32 Å². The minimum atomic E-state index is -3.63. The van der Waals surface area contributed by atoms with E-state index in [1.165, 1.54) is 0 Å². The van der Waals surface area contributed by atoms with Crippen LogP contribution in [0.1, 0.15) is 18.0 Å². The molecule has 0 saturated carbocycles. The second-order valence-corrected chi connectivity index (χ2v) is 7.74. The van der Waals surface area contributed by atoms with Crippen molar-refractivity contribution >= 4 is 15.8 Å². The summed E-state index contributed by atoms with van der Waals surface area (Å²) >= 11 is 0. The van der Waals surface area contributed by atoms with E-state index in [2.05, 4.69) is 5.32 Å². The first-order valence-corrected chi connectivity index (χ1v) is 8.87. The van der Waals surface area contributed by atoms with Crippen molar-refractivity contribution in [3.8, 4) is 0 Å². The van der Waals surface area contributed by atoms with Crippen LogP contribution in [0.25, 0.3) is 0 Å². The minimum absolute atomic E-state index is 0.0477. The number of hydrogen-bond donors (Lipinski definition) is 2. The van der Waals surface area contributed by atoms with Gasteiger partial charge >= 0.3 is 5.97 Å². The molecule has 0 radical (unpaired) electrons. The highest BCUT2D eigenvalue weighted by Crippen LogP contribution is 2.35. The first-order chi connectivity index (χ1) is 11.0. The van der Waals surface area contributed by atoms with Crippen LogP contribution >= 0.6 is 0 Å². The number of carboxylic acids is 1. The summed E-state index contributed by atoms with van der Waals surface area (Å²) in [4.78, 5) is 11.6. The Balaban J connectivity index is 2.02. The van der Waals surface area contributed by atoms with E-state index in [0.29, 0.717) is 0 Å². The van der Waals surface area contributed by atoms with Crippen LogP contribution in [0.5, 0.6) is 0 Å². The number of carbonyl (C=O) groups is 1. The Kier molecular flexibility index (Phi) is 4.19. The average molecular weight is 331 g/mol. The molecule has 1 aliphatic rings. The molecule has 3 unspecified atom stereocenters. The number of rotatable bonds is 4. The van der Waals surface area contributed by atoms with Gasteiger partial charge in [0, 0.05) is 0 Å². The molecule has 2 aromatic carbocycles. The molecule has 3 atom stereocenters. The molecule has 0 spiro atoms. The van der Waals surface area contributed by atoms with Gasteiger partial charge in [-0.15, -0.1) is 0 Å². The summed E-state index contributed by atoms with van der Waals surface area (Å²) in [5.74, 6) is -1.03. The maximum absolute atomic E-state index is 13.0. The van der Waals surface area contributed by atoms with Crippen molar-refractivity contribution in [3.05, 3.63) is 66.2 Å². The predicted molar refractivity (Wildman–Crippen MR) is 85.8 cm³/mol. The van der Waals surface area contributed by atoms with Crippen LogP contribution in [0.4, 0.5) is 0 Å². The van der Waals surface area contributed by atoms with E-state index in [0.717, 1.165) is 5.56 Å². The van der Waals surface area contributed by atoms with Crippen LogP contribution in [-0.4, -0.2) is 30.8 Å². The van der Waals surface area contributed by atoms with Gasteiger partial charge in [0.25, 0.3) is 0 Å². The summed E-state index contributed by atoms with van der Waals surface area (Å²) in [6.07, 6.45) is 0.0477. The van der Waals surface area contributed by atoms with Gasteiger partial charge in [0.1, 0.15) is 6.04 Å². The van der Waals surface area contributed by atoms with Crippen molar-refractivity contribution in [1.29, 1.82) is 0 Å². The quantitative estimate of drug-likeness (QED) is 0.895. The third kappa shape index (κ3) is 3.00. The lowest BCUT2D eigenvalue weighted by Gasteiger charge is -2.20. The van der Waals surface area contributed by atoms with Gasteiger partial charge in [0.05, 0.1) is 16.2 Å². The summed E-state index contributed by atoms with van der Waals surface area (Å²) in [6, 6.07) is 15.9. The summed E-state index contributed by atoms with van der Waals surface area (Å²) in [5, 5.41) is 11.4. The molecule has 0 bridgehead atoms. The van der Waals surface area contributed by atoms with Crippen molar-refractivity contribution in [2.45, 2.75) is 28.6 Å².